The van der Waals surface area contributed by atoms with Gasteiger partial charge in [0.2, 0.25) is 0 Å². The van der Waals surface area contributed by atoms with Crippen molar-refractivity contribution in [3.63, 3.8) is 0 Å². The number of benzene rings is 1. The van der Waals surface area contributed by atoms with Crippen molar-refractivity contribution >= 4 is 5.69 Å². The molecule has 0 heterocycles. The average molecular weight is 268 g/mol. The zero-order chi connectivity index (χ0) is 14.1. The van der Waals surface area contributed by atoms with Crippen molar-refractivity contribution in [1.29, 1.82) is 0 Å². The van der Waals surface area contributed by atoms with Gasteiger partial charge < -0.3 is 15.2 Å². The summed E-state index contributed by atoms with van der Waals surface area (Å²) in [6.45, 7) is 3.80. The Balaban J connectivity index is 2.52. The van der Waals surface area contributed by atoms with E-state index in [9.17, 15) is 10.1 Å². The molecule has 1 aromatic rings. The van der Waals surface area contributed by atoms with Gasteiger partial charge in [-0.1, -0.05) is 19.4 Å². The Bertz CT molecular complexity index is 410. The monoisotopic (exact) mass is 268 g/mol. The van der Waals surface area contributed by atoms with E-state index >= 15 is 0 Å². The number of nitro benzene ring substituents is 1. The number of nitro groups is 1. The Morgan fingerprint density at radius 3 is 2.74 bits per heavy atom. The summed E-state index contributed by atoms with van der Waals surface area (Å²) in [5.74, 6) is 0.243. The molecule has 0 bridgehead atoms. The maximum atomic E-state index is 10.9. The molecular formula is C13H20N2O4. The van der Waals surface area contributed by atoms with E-state index in [1.807, 2.05) is 0 Å². The minimum atomic E-state index is -0.465. The number of unbranched alkanes of at least 4 members (excludes halogenated alkanes) is 1. The quantitative estimate of drug-likeness (QED) is 0.421. The molecule has 0 amide bonds. The van der Waals surface area contributed by atoms with Gasteiger partial charge in [-0.05, 0) is 18.1 Å². The van der Waals surface area contributed by atoms with Gasteiger partial charge >= 0.3 is 5.69 Å². The Kier molecular flexibility index (Phi) is 6.84. The van der Waals surface area contributed by atoms with Crippen LogP contribution in [0.5, 0.6) is 5.75 Å². The molecule has 0 aliphatic rings. The molecule has 0 aliphatic carbocycles. The van der Waals surface area contributed by atoms with Crippen LogP contribution in [0.3, 0.4) is 0 Å². The van der Waals surface area contributed by atoms with Crippen molar-refractivity contribution in [3.8, 4) is 5.75 Å². The molecule has 19 heavy (non-hydrogen) atoms. The maximum absolute atomic E-state index is 10.9. The SMILES string of the molecule is CCCCOCCOc1cc(CN)ccc1[N+](=O)[O-]. The first kappa shape index (κ1) is 15.4. The highest BCUT2D eigenvalue weighted by molar-refractivity contribution is 5.48. The van der Waals surface area contributed by atoms with Crippen molar-refractivity contribution < 1.29 is 14.4 Å². The first-order valence-electron chi connectivity index (χ1n) is 6.37. The lowest BCUT2D eigenvalue weighted by Gasteiger charge is -2.08. The molecule has 0 atom stereocenters. The van der Waals surface area contributed by atoms with Gasteiger partial charge in [-0.25, -0.2) is 0 Å². The van der Waals surface area contributed by atoms with Gasteiger partial charge in [-0.15, -0.1) is 0 Å². The van der Waals surface area contributed by atoms with Gasteiger partial charge in [0.05, 0.1) is 11.5 Å². The fourth-order valence-corrected chi connectivity index (χ4v) is 1.51. The second-order valence-corrected chi connectivity index (χ2v) is 4.08. The molecule has 106 valence electrons. The lowest BCUT2D eigenvalue weighted by atomic mass is 10.2. The van der Waals surface area contributed by atoms with E-state index in [2.05, 4.69) is 6.92 Å². The third kappa shape index (κ3) is 5.23. The van der Waals surface area contributed by atoms with E-state index in [4.69, 9.17) is 15.2 Å². The fourth-order valence-electron chi connectivity index (χ4n) is 1.51. The highest BCUT2D eigenvalue weighted by atomic mass is 16.6. The van der Waals surface area contributed by atoms with Crippen molar-refractivity contribution in [2.75, 3.05) is 19.8 Å². The van der Waals surface area contributed by atoms with Crippen LogP contribution in [0.15, 0.2) is 18.2 Å². The minimum Gasteiger partial charge on any atom is -0.484 e. The summed E-state index contributed by atoms with van der Waals surface area (Å²) < 4.78 is 10.7. The summed E-state index contributed by atoms with van der Waals surface area (Å²) >= 11 is 0. The Morgan fingerprint density at radius 1 is 1.32 bits per heavy atom. The summed E-state index contributed by atoms with van der Waals surface area (Å²) in [6.07, 6.45) is 2.08. The minimum absolute atomic E-state index is 0.0502. The van der Waals surface area contributed by atoms with Gasteiger partial charge in [0, 0.05) is 19.2 Å². The molecule has 0 radical (unpaired) electrons. The van der Waals surface area contributed by atoms with E-state index in [-0.39, 0.29) is 11.4 Å². The molecule has 2 N–H and O–H groups in total. The highest BCUT2D eigenvalue weighted by Gasteiger charge is 2.15. The molecule has 0 aliphatic heterocycles. The first-order chi connectivity index (χ1) is 9.19. The van der Waals surface area contributed by atoms with E-state index in [1.54, 1.807) is 12.1 Å². The number of nitrogens with zero attached hydrogens (tertiary/aromatic N) is 1. The zero-order valence-corrected chi connectivity index (χ0v) is 11.1. The molecule has 1 aromatic carbocycles. The third-order valence-electron chi connectivity index (χ3n) is 2.58. The average Bonchev–Trinajstić information content (AvgIpc) is 2.42. The van der Waals surface area contributed by atoms with Crippen LogP contribution in [-0.4, -0.2) is 24.7 Å². The lowest BCUT2D eigenvalue weighted by Crippen LogP contribution is -2.09. The fraction of sp³-hybridized carbons (Fsp3) is 0.538. The van der Waals surface area contributed by atoms with Crippen molar-refractivity contribution in [1.82, 2.24) is 0 Å². The molecule has 6 heteroatoms. The second-order valence-electron chi connectivity index (χ2n) is 4.08. The van der Waals surface area contributed by atoms with Crippen molar-refractivity contribution in [2.45, 2.75) is 26.3 Å². The van der Waals surface area contributed by atoms with Crippen LogP contribution in [0.25, 0.3) is 0 Å². The highest BCUT2D eigenvalue weighted by Crippen LogP contribution is 2.27. The first-order valence-corrected chi connectivity index (χ1v) is 6.37. The summed E-state index contributed by atoms with van der Waals surface area (Å²) in [6, 6.07) is 4.64. The van der Waals surface area contributed by atoms with Crippen LogP contribution in [-0.2, 0) is 11.3 Å². The molecule has 0 saturated carbocycles. The zero-order valence-electron chi connectivity index (χ0n) is 11.1. The number of ether oxygens (including phenoxy) is 2. The van der Waals surface area contributed by atoms with Gasteiger partial charge in [-0.3, -0.25) is 10.1 Å². The Hall–Kier alpha value is -1.66. The maximum Gasteiger partial charge on any atom is 0.310 e. The summed E-state index contributed by atoms with van der Waals surface area (Å²) in [4.78, 5) is 10.4. The van der Waals surface area contributed by atoms with E-state index in [1.165, 1.54) is 6.07 Å². The van der Waals surface area contributed by atoms with Crippen LogP contribution >= 0.6 is 0 Å². The molecule has 0 fully saturated rings. The predicted octanol–water partition coefficient (Wildman–Crippen LogP) is 2.25. The smallest absolute Gasteiger partial charge is 0.310 e. The molecule has 0 unspecified atom stereocenters. The Labute approximate surface area is 112 Å². The van der Waals surface area contributed by atoms with Crippen LogP contribution < -0.4 is 10.5 Å². The van der Waals surface area contributed by atoms with Crippen LogP contribution in [0.4, 0.5) is 5.69 Å². The summed E-state index contributed by atoms with van der Waals surface area (Å²) in [5, 5.41) is 10.9. The van der Waals surface area contributed by atoms with Crippen LogP contribution in [0.1, 0.15) is 25.3 Å². The Morgan fingerprint density at radius 2 is 2.11 bits per heavy atom. The van der Waals surface area contributed by atoms with Gasteiger partial charge in [0.1, 0.15) is 6.61 Å². The van der Waals surface area contributed by atoms with Crippen LogP contribution in [0, 0.1) is 10.1 Å². The topological polar surface area (TPSA) is 87.6 Å². The normalized spacial score (nSPS) is 10.4. The van der Waals surface area contributed by atoms with E-state index < -0.39 is 4.92 Å². The molecular weight excluding hydrogens is 248 g/mol. The molecule has 0 aromatic heterocycles. The number of nitrogens with two attached hydrogens (primary N) is 1. The summed E-state index contributed by atoms with van der Waals surface area (Å²) in [7, 11) is 0. The van der Waals surface area contributed by atoms with Crippen molar-refractivity contribution in [2.24, 2.45) is 5.73 Å². The van der Waals surface area contributed by atoms with Gasteiger partial charge in [-0.2, -0.15) is 0 Å². The molecule has 0 saturated heterocycles. The molecule has 1 rings (SSSR count). The van der Waals surface area contributed by atoms with Crippen LogP contribution in [0.2, 0.25) is 0 Å². The lowest BCUT2D eigenvalue weighted by molar-refractivity contribution is -0.385. The largest absolute Gasteiger partial charge is 0.484 e. The van der Waals surface area contributed by atoms with E-state index in [0.29, 0.717) is 26.4 Å². The van der Waals surface area contributed by atoms with Crippen molar-refractivity contribution in [3.05, 3.63) is 33.9 Å². The standard InChI is InChI=1S/C13H20N2O4/c1-2-3-6-18-7-8-19-13-9-11(10-14)4-5-12(13)15(16)17/h4-5,9H,2-3,6-8,10,14H2,1H3. The van der Waals surface area contributed by atoms with E-state index in [0.717, 1.165) is 18.4 Å². The predicted molar refractivity (Wildman–Crippen MR) is 72.2 cm³/mol. The van der Waals surface area contributed by atoms with Gasteiger partial charge in [0.15, 0.2) is 5.75 Å². The second kappa shape index (κ2) is 8.44. The third-order valence-corrected chi connectivity index (χ3v) is 2.58. The molecule has 6 nitrogen and oxygen atoms in total. The number of hydrogen-bond acceptors (Lipinski definition) is 5. The molecule has 0 spiro atoms. The number of hydrogen-bond donors (Lipinski definition) is 1. The summed E-state index contributed by atoms with van der Waals surface area (Å²) in [5.41, 5.74) is 6.25. The number of rotatable bonds is 9. The van der Waals surface area contributed by atoms with Gasteiger partial charge in [0.25, 0.3) is 0 Å².